The fourth-order valence-corrected chi connectivity index (χ4v) is 4.32. The van der Waals surface area contributed by atoms with E-state index in [1.807, 2.05) is 12.1 Å². The van der Waals surface area contributed by atoms with Gasteiger partial charge in [-0.3, -0.25) is 0 Å². The Hall–Kier alpha value is -3.32. The summed E-state index contributed by atoms with van der Waals surface area (Å²) in [5.41, 5.74) is 5.09. The maximum atomic E-state index is 6.42. The molecular weight excluding hydrogens is 426 g/mol. The number of aromatic nitrogens is 4. The summed E-state index contributed by atoms with van der Waals surface area (Å²) in [5, 5.41) is 8.82. The zero-order valence-corrected chi connectivity index (χ0v) is 19.0. The molecule has 164 valence electrons. The van der Waals surface area contributed by atoms with Crippen molar-refractivity contribution >= 4 is 28.9 Å². The van der Waals surface area contributed by atoms with Gasteiger partial charge in [0, 0.05) is 17.2 Å². The van der Waals surface area contributed by atoms with E-state index in [0.717, 1.165) is 54.0 Å². The summed E-state index contributed by atoms with van der Waals surface area (Å²) in [7, 11) is 3.20. The highest BCUT2D eigenvalue weighted by molar-refractivity contribution is 6.32. The number of hydrogen-bond acceptors (Lipinski definition) is 6. The van der Waals surface area contributed by atoms with Gasteiger partial charge in [0.25, 0.3) is 5.78 Å². The standard InChI is InChI=1S/C24H24ClN5O2/c1-14-8-10-15(11-9-14)22-28-24-27-18-7-5-4-6-16(18)23(30(24)29-22)26-19-12-17(25)20(31-2)13-21(19)32-3/h8-13,26H,4-7H2,1-3H3. The molecule has 0 unspecified atom stereocenters. The Morgan fingerprint density at radius 1 is 0.969 bits per heavy atom. The van der Waals surface area contributed by atoms with Crippen LogP contribution in [0.3, 0.4) is 0 Å². The molecule has 1 N–H and O–H groups in total. The van der Waals surface area contributed by atoms with Crippen molar-refractivity contribution in [2.45, 2.75) is 32.6 Å². The van der Waals surface area contributed by atoms with Crippen LogP contribution >= 0.6 is 11.6 Å². The van der Waals surface area contributed by atoms with Crippen molar-refractivity contribution in [3.63, 3.8) is 0 Å². The highest BCUT2D eigenvalue weighted by Crippen LogP contribution is 2.39. The Balaban J connectivity index is 1.67. The first-order chi connectivity index (χ1) is 15.6. The Morgan fingerprint density at radius 2 is 1.72 bits per heavy atom. The normalized spacial score (nSPS) is 13.1. The summed E-state index contributed by atoms with van der Waals surface area (Å²) < 4.78 is 12.7. The molecule has 7 nitrogen and oxygen atoms in total. The number of hydrogen-bond donors (Lipinski definition) is 1. The summed E-state index contributed by atoms with van der Waals surface area (Å²) >= 11 is 6.42. The van der Waals surface area contributed by atoms with E-state index < -0.39 is 0 Å². The third kappa shape index (κ3) is 3.62. The second kappa shape index (κ2) is 8.31. The van der Waals surface area contributed by atoms with E-state index in [-0.39, 0.29) is 0 Å². The summed E-state index contributed by atoms with van der Waals surface area (Å²) in [6, 6.07) is 11.8. The third-order valence-corrected chi connectivity index (χ3v) is 6.09. The minimum Gasteiger partial charge on any atom is -0.495 e. The fourth-order valence-electron chi connectivity index (χ4n) is 4.08. The summed E-state index contributed by atoms with van der Waals surface area (Å²) in [6.45, 7) is 2.06. The quantitative estimate of drug-likeness (QED) is 0.440. The van der Waals surface area contributed by atoms with Gasteiger partial charge in [-0.05, 0) is 38.7 Å². The lowest BCUT2D eigenvalue weighted by molar-refractivity contribution is 0.396. The predicted molar refractivity (Wildman–Crippen MR) is 125 cm³/mol. The van der Waals surface area contributed by atoms with Crippen LogP contribution in [0.15, 0.2) is 36.4 Å². The molecule has 0 radical (unpaired) electrons. The van der Waals surface area contributed by atoms with Crippen molar-refractivity contribution in [2.75, 3.05) is 19.5 Å². The molecule has 5 rings (SSSR count). The van der Waals surface area contributed by atoms with E-state index in [0.29, 0.717) is 28.1 Å². The van der Waals surface area contributed by atoms with E-state index in [1.54, 1.807) is 30.9 Å². The number of nitrogens with one attached hydrogen (secondary N) is 1. The van der Waals surface area contributed by atoms with Crippen LogP contribution in [-0.4, -0.2) is 33.8 Å². The molecule has 4 aromatic rings. The Bertz CT molecular complexity index is 1300. The molecular formula is C24H24ClN5O2. The van der Waals surface area contributed by atoms with Crippen LogP contribution in [0.2, 0.25) is 5.02 Å². The Kier molecular flexibility index (Phi) is 5.35. The highest BCUT2D eigenvalue weighted by Gasteiger charge is 2.22. The van der Waals surface area contributed by atoms with Crippen LogP contribution in [0, 0.1) is 6.92 Å². The summed E-state index contributed by atoms with van der Waals surface area (Å²) in [5.74, 6) is 3.23. The van der Waals surface area contributed by atoms with Gasteiger partial charge in [0.15, 0.2) is 5.82 Å². The van der Waals surface area contributed by atoms with Crippen molar-refractivity contribution in [1.82, 2.24) is 19.6 Å². The van der Waals surface area contributed by atoms with Crippen LogP contribution in [-0.2, 0) is 12.8 Å². The van der Waals surface area contributed by atoms with Crippen molar-refractivity contribution < 1.29 is 9.47 Å². The molecule has 2 aromatic heterocycles. The first kappa shape index (κ1) is 20.6. The number of benzene rings is 2. The number of rotatable bonds is 5. The Morgan fingerprint density at radius 3 is 2.47 bits per heavy atom. The molecule has 0 aliphatic heterocycles. The van der Waals surface area contributed by atoms with Crippen molar-refractivity contribution in [2.24, 2.45) is 0 Å². The minimum atomic E-state index is 0.494. The molecule has 0 saturated heterocycles. The SMILES string of the molecule is COc1cc(OC)c(Nc2c3c(nc4nc(-c5ccc(C)cc5)nn24)CCCC3)cc1Cl. The topological polar surface area (TPSA) is 73.6 Å². The van der Waals surface area contributed by atoms with E-state index in [1.165, 1.54) is 5.56 Å². The maximum absolute atomic E-state index is 6.42. The van der Waals surface area contributed by atoms with Gasteiger partial charge in [-0.1, -0.05) is 41.4 Å². The van der Waals surface area contributed by atoms with E-state index in [2.05, 4.69) is 24.4 Å². The van der Waals surface area contributed by atoms with Crippen molar-refractivity contribution in [1.29, 1.82) is 0 Å². The van der Waals surface area contributed by atoms with E-state index in [4.69, 9.17) is 36.1 Å². The highest BCUT2D eigenvalue weighted by atomic mass is 35.5. The number of fused-ring (bicyclic) bond motifs is 2. The van der Waals surface area contributed by atoms with Gasteiger partial charge < -0.3 is 14.8 Å². The van der Waals surface area contributed by atoms with Gasteiger partial charge in [0.05, 0.1) is 30.6 Å². The summed E-state index contributed by atoms with van der Waals surface area (Å²) in [6.07, 6.45) is 4.07. The number of anilines is 2. The average molecular weight is 450 g/mol. The van der Waals surface area contributed by atoms with Crippen molar-refractivity contribution in [3.05, 3.63) is 58.2 Å². The zero-order chi connectivity index (χ0) is 22.2. The monoisotopic (exact) mass is 449 g/mol. The van der Waals surface area contributed by atoms with Gasteiger partial charge in [0.1, 0.15) is 17.3 Å². The molecule has 0 spiro atoms. The van der Waals surface area contributed by atoms with Gasteiger partial charge in [-0.25, -0.2) is 4.98 Å². The van der Waals surface area contributed by atoms with Crippen LogP contribution in [0.4, 0.5) is 11.5 Å². The summed E-state index contributed by atoms with van der Waals surface area (Å²) in [4.78, 5) is 9.58. The molecule has 1 aliphatic rings. The first-order valence-electron chi connectivity index (χ1n) is 10.6. The second-order valence-corrected chi connectivity index (χ2v) is 8.33. The van der Waals surface area contributed by atoms with Crippen LogP contribution in [0.25, 0.3) is 17.2 Å². The lowest BCUT2D eigenvalue weighted by atomic mass is 9.96. The second-order valence-electron chi connectivity index (χ2n) is 7.92. The fraction of sp³-hybridized carbons (Fsp3) is 0.292. The average Bonchev–Trinajstić information content (AvgIpc) is 3.23. The minimum absolute atomic E-state index is 0.494. The smallest absolute Gasteiger partial charge is 0.254 e. The largest absolute Gasteiger partial charge is 0.495 e. The third-order valence-electron chi connectivity index (χ3n) is 5.80. The molecule has 0 amide bonds. The van der Waals surface area contributed by atoms with Crippen LogP contribution in [0.1, 0.15) is 29.7 Å². The van der Waals surface area contributed by atoms with Crippen LogP contribution < -0.4 is 14.8 Å². The molecule has 0 bridgehead atoms. The molecule has 0 atom stereocenters. The molecule has 2 aromatic carbocycles. The molecule has 32 heavy (non-hydrogen) atoms. The lowest BCUT2D eigenvalue weighted by Crippen LogP contribution is -2.14. The number of methoxy groups -OCH3 is 2. The molecule has 0 saturated carbocycles. The van der Waals surface area contributed by atoms with Gasteiger partial charge in [0.2, 0.25) is 0 Å². The molecule has 1 aliphatic carbocycles. The van der Waals surface area contributed by atoms with Crippen LogP contribution in [0.5, 0.6) is 11.5 Å². The first-order valence-corrected chi connectivity index (χ1v) is 11.0. The molecule has 2 heterocycles. The predicted octanol–water partition coefficient (Wildman–Crippen LogP) is 5.39. The van der Waals surface area contributed by atoms with E-state index in [9.17, 15) is 0 Å². The van der Waals surface area contributed by atoms with Crippen molar-refractivity contribution in [3.8, 4) is 22.9 Å². The van der Waals surface area contributed by atoms with Gasteiger partial charge in [-0.2, -0.15) is 9.50 Å². The van der Waals surface area contributed by atoms with Gasteiger partial charge in [-0.15, -0.1) is 5.10 Å². The zero-order valence-electron chi connectivity index (χ0n) is 18.3. The maximum Gasteiger partial charge on any atom is 0.254 e. The molecule has 8 heteroatoms. The van der Waals surface area contributed by atoms with E-state index >= 15 is 0 Å². The molecule has 0 fully saturated rings. The number of nitrogens with zero attached hydrogens (tertiary/aromatic N) is 4. The van der Waals surface area contributed by atoms with Gasteiger partial charge >= 0.3 is 0 Å². The Labute approximate surface area is 191 Å². The number of halogens is 1. The number of aryl methyl sites for hydroxylation is 2. The lowest BCUT2D eigenvalue weighted by Gasteiger charge is -2.21. The number of ether oxygens (including phenoxy) is 2.